The van der Waals surface area contributed by atoms with E-state index < -0.39 is 44.0 Å². The van der Waals surface area contributed by atoms with Crippen LogP contribution in [-0.2, 0) is 11.1 Å². The summed E-state index contributed by atoms with van der Waals surface area (Å²) >= 11 is 0. The third kappa shape index (κ3) is 7.73. The number of fused-ring (bicyclic) bond motifs is 2. The molecule has 0 fully saturated rings. The molecule has 14 nitrogen and oxygen atoms in total. The minimum atomic E-state index is -4.89. The largest absolute Gasteiger partial charge is 1.00 e. The van der Waals surface area contributed by atoms with Crippen molar-refractivity contribution in [3.63, 3.8) is 0 Å². The quantitative estimate of drug-likeness (QED) is 0.0991. The molecule has 1 aromatic rings. The van der Waals surface area contributed by atoms with E-state index in [9.17, 15) is 24.9 Å². The van der Waals surface area contributed by atoms with Crippen LogP contribution >= 0.6 is 7.82 Å². The van der Waals surface area contributed by atoms with Crippen LogP contribution in [0.15, 0.2) is 21.7 Å². The van der Waals surface area contributed by atoms with E-state index in [1.165, 1.54) is 4.57 Å². The number of aromatic nitrogens is 4. The number of hydrogen-bond acceptors (Lipinski definition) is 10. The van der Waals surface area contributed by atoms with Gasteiger partial charge in [0.05, 0.1) is 24.2 Å². The molecular weight excluding hydrogens is 474 g/mol. The number of benzene rings is 1. The van der Waals surface area contributed by atoms with E-state index in [1.54, 1.807) is 12.1 Å². The molecule has 0 unspecified atom stereocenters. The summed E-state index contributed by atoms with van der Waals surface area (Å²) in [5, 5.41) is 38.8. The molecule has 0 spiro atoms. The Labute approximate surface area is 208 Å². The fourth-order valence-corrected chi connectivity index (χ4v) is 2.89. The monoisotopic (exact) mass is 496 g/mol. The molecule has 0 saturated carbocycles. The average Bonchev–Trinajstić information content (AvgIpc) is 2.67. The van der Waals surface area contributed by atoms with Crippen molar-refractivity contribution in [1.82, 2.24) is 19.5 Å². The first-order valence-electron chi connectivity index (χ1n) is 9.06. The van der Waals surface area contributed by atoms with Crippen molar-refractivity contribution < 1.29 is 69.2 Å². The molecule has 2 aliphatic rings. The van der Waals surface area contributed by atoms with E-state index in [2.05, 4.69) is 15.0 Å². The van der Waals surface area contributed by atoms with E-state index >= 15 is 0 Å². The van der Waals surface area contributed by atoms with Crippen LogP contribution in [0.5, 0.6) is 0 Å². The summed E-state index contributed by atoms with van der Waals surface area (Å²) in [5.41, 5.74) is 1.11. The van der Waals surface area contributed by atoms with Crippen LogP contribution in [-0.4, -0.2) is 74.7 Å². The van der Waals surface area contributed by atoms with Gasteiger partial charge in [-0.2, -0.15) is 4.98 Å². The van der Waals surface area contributed by atoms with Crippen molar-refractivity contribution in [2.24, 2.45) is 0 Å². The van der Waals surface area contributed by atoms with Gasteiger partial charge in [-0.15, -0.1) is 0 Å². The minimum Gasteiger partial charge on any atom is -0.756 e. The first-order chi connectivity index (χ1) is 14.7. The van der Waals surface area contributed by atoms with Gasteiger partial charge >= 0.3 is 35.2 Å². The fourth-order valence-electron chi connectivity index (χ4n) is 2.89. The van der Waals surface area contributed by atoms with Crippen molar-refractivity contribution in [3.05, 3.63) is 44.1 Å². The number of nitrogens with one attached hydrogen (secondary N) is 1. The van der Waals surface area contributed by atoms with Gasteiger partial charge in [-0.05, 0) is 37.1 Å². The zero-order valence-electron chi connectivity index (χ0n) is 17.9. The summed E-state index contributed by atoms with van der Waals surface area (Å²) in [6, 6.07) is 3.53. The van der Waals surface area contributed by atoms with Gasteiger partial charge in [0.1, 0.15) is 18.3 Å². The third-order valence-corrected chi connectivity index (χ3v) is 4.57. The number of aliphatic hydroxyl groups is 4. The van der Waals surface area contributed by atoms with Gasteiger partial charge in [-0.1, -0.05) is 0 Å². The van der Waals surface area contributed by atoms with Gasteiger partial charge in [0.25, 0.3) is 13.4 Å². The Morgan fingerprint density at radius 3 is 2.18 bits per heavy atom. The normalized spacial score (nSPS) is 14.2. The summed E-state index contributed by atoms with van der Waals surface area (Å²) in [6.07, 6.45) is -4.68. The molecule has 0 amide bonds. The number of aromatic amines is 1. The van der Waals surface area contributed by atoms with Crippen molar-refractivity contribution in [1.29, 1.82) is 0 Å². The van der Waals surface area contributed by atoms with E-state index in [0.29, 0.717) is 11.0 Å². The van der Waals surface area contributed by atoms with Crippen LogP contribution in [0.3, 0.4) is 0 Å². The molecule has 3 atom stereocenters. The van der Waals surface area contributed by atoms with E-state index in [1.807, 2.05) is 13.8 Å². The first-order valence-corrected chi connectivity index (χ1v) is 10.6. The Kier molecular flexibility index (Phi) is 10.5. The SMILES string of the molecule is Cc1cc2nc3c(=O)[nH]c(=O)nc-3n(C[C@H](O)[C@H](O)[C@H](O)CO)c2cc1C.O=P([O-])(O)O.[Na+]. The predicted octanol–water partition coefficient (Wildman–Crippen LogP) is -6.28. The summed E-state index contributed by atoms with van der Waals surface area (Å²) in [7, 11) is -4.89. The summed E-state index contributed by atoms with van der Waals surface area (Å²) < 4.78 is 10.2. The maximum absolute atomic E-state index is 12.2. The second-order valence-corrected chi connectivity index (χ2v) is 7.97. The van der Waals surface area contributed by atoms with E-state index in [0.717, 1.165) is 11.1 Å². The van der Waals surface area contributed by atoms with Crippen molar-refractivity contribution >= 4 is 18.9 Å². The van der Waals surface area contributed by atoms with Crippen LogP contribution in [0.1, 0.15) is 11.1 Å². The number of H-pyrrole nitrogens is 1. The molecule has 7 N–H and O–H groups in total. The molecule has 176 valence electrons. The number of nitrogens with zero attached hydrogens (tertiary/aromatic N) is 3. The van der Waals surface area contributed by atoms with Gasteiger partial charge in [0.2, 0.25) is 0 Å². The first kappa shape index (κ1) is 29.5. The van der Waals surface area contributed by atoms with Crippen LogP contribution in [0.25, 0.3) is 22.6 Å². The Bertz CT molecular complexity index is 1230. The van der Waals surface area contributed by atoms with E-state index in [4.69, 9.17) is 24.4 Å². The molecule has 1 aromatic carbocycles. The van der Waals surface area contributed by atoms with Crippen LogP contribution in [0.2, 0.25) is 0 Å². The number of rotatable bonds is 5. The molecule has 0 aromatic heterocycles. The number of aliphatic hydroxyl groups excluding tert-OH is 4. The summed E-state index contributed by atoms with van der Waals surface area (Å²) in [6.45, 7) is 2.73. The smallest absolute Gasteiger partial charge is 0.756 e. The van der Waals surface area contributed by atoms with Gasteiger partial charge in [-0.25, -0.2) is 9.78 Å². The van der Waals surface area contributed by atoms with Crippen molar-refractivity contribution in [2.75, 3.05) is 6.61 Å². The Morgan fingerprint density at radius 1 is 1.09 bits per heavy atom. The van der Waals surface area contributed by atoms with Gasteiger partial charge in [0.15, 0.2) is 11.5 Å². The van der Waals surface area contributed by atoms with Crippen LogP contribution in [0.4, 0.5) is 0 Å². The molecule has 0 aliphatic carbocycles. The molecule has 2 heterocycles. The molecule has 16 heteroatoms. The Balaban J connectivity index is 0.000000821. The molecule has 0 bridgehead atoms. The van der Waals surface area contributed by atoms with Crippen molar-refractivity contribution in [2.45, 2.75) is 38.7 Å². The second kappa shape index (κ2) is 11.7. The van der Waals surface area contributed by atoms with Gasteiger partial charge in [-0.3, -0.25) is 14.3 Å². The number of aryl methyl sites for hydroxylation is 2. The van der Waals surface area contributed by atoms with Gasteiger partial charge in [0, 0.05) is 0 Å². The summed E-state index contributed by atoms with van der Waals surface area (Å²) in [4.78, 5) is 56.9. The van der Waals surface area contributed by atoms with Crippen molar-refractivity contribution in [3.8, 4) is 11.5 Å². The third-order valence-electron chi connectivity index (χ3n) is 4.57. The molecule has 2 aliphatic heterocycles. The molecule has 33 heavy (non-hydrogen) atoms. The Morgan fingerprint density at radius 2 is 1.64 bits per heavy atom. The van der Waals surface area contributed by atoms with Crippen LogP contribution in [0, 0.1) is 13.8 Å². The second-order valence-electron chi connectivity index (χ2n) is 6.99. The molecular formula is C17H22N4NaO10P. The van der Waals surface area contributed by atoms with Gasteiger partial charge < -0.3 is 39.7 Å². The Hall–Kier alpha value is -1.55. The number of hydrogen-bond donors (Lipinski definition) is 7. The molecule has 0 saturated heterocycles. The number of phosphoric acid groups is 1. The zero-order valence-corrected chi connectivity index (χ0v) is 20.8. The maximum Gasteiger partial charge on any atom is 1.00 e. The minimum absolute atomic E-state index is 0. The van der Waals surface area contributed by atoms with E-state index in [-0.39, 0.29) is 47.6 Å². The molecule has 3 rings (SSSR count). The predicted molar refractivity (Wildman–Crippen MR) is 108 cm³/mol. The topological polar surface area (TPSA) is 242 Å². The standard InChI is InChI=1S/C17H20N4O6.Na.H3O4P/c1-7-3-9-10(4-8(7)2)21(5-11(23)14(25)12(24)6-22)15-13(18-9)16(26)20-17(27)19-15;;1-5(2,3)4/h3-4,11-12,14,22-25H,5-6H2,1-2H3,(H,20,26,27);;(H3,1,2,3,4)/q;+1;/p-1/t11-,12+,14-;;/m0../s1. The van der Waals surface area contributed by atoms with Crippen LogP contribution < -0.4 is 45.7 Å². The fraction of sp³-hybridized carbons (Fsp3) is 0.412. The zero-order chi connectivity index (χ0) is 24.4. The molecule has 0 radical (unpaired) electrons. The average molecular weight is 496 g/mol. The summed E-state index contributed by atoms with van der Waals surface area (Å²) in [5.74, 6) is -0.0516. The maximum atomic E-state index is 12.2.